The molecule has 1 fully saturated rings. The summed E-state index contributed by atoms with van der Waals surface area (Å²) in [5, 5.41) is 0.753. The summed E-state index contributed by atoms with van der Waals surface area (Å²) in [5.41, 5.74) is -0.241. The maximum atomic E-state index is 11.1. The SMILES string of the molecule is CC(C)[C@]1(CBr)CCCC(=O)O1. The molecule has 0 N–H and O–H groups in total. The number of ether oxygens (including phenoxy) is 1. The van der Waals surface area contributed by atoms with Gasteiger partial charge >= 0.3 is 5.97 Å². The normalized spacial score (nSPS) is 30.5. The van der Waals surface area contributed by atoms with Gasteiger partial charge in [-0.3, -0.25) is 4.79 Å². The van der Waals surface area contributed by atoms with E-state index in [1.165, 1.54) is 0 Å². The van der Waals surface area contributed by atoms with E-state index in [1.807, 2.05) is 0 Å². The first-order valence-electron chi connectivity index (χ1n) is 4.38. The molecule has 0 bridgehead atoms. The summed E-state index contributed by atoms with van der Waals surface area (Å²) in [5.74, 6) is 0.343. The number of alkyl halides is 1. The average Bonchev–Trinajstić information content (AvgIpc) is 2.04. The number of esters is 1. The number of hydrogen-bond acceptors (Lipinski definition) is 2. The molecule has 0 radical (unpaired) electrons. The smallest absolute Gasteiger partial charge is 0.306 e. The van der Waals surface area contributed by atoms with Gasteiger partial charge in [0.2, 0.25) is 0 Å². The van der Waals surface area contributed by atoms with Crippen LogP contribution in [0.25, 0.3) is 0 Å². The van der Waals surface area contributed by atoms with Crippen LogP contribution in [0.4, 0.5) is 0 Å². The lowest BCUT2D eigenvalue weighted by molar-refractivity contribution is -0.169. The number of rotatable bonds is 2. The van der Waals surface area contributed by atoms with E-state index < -0.39 is 0 Å². The van der Waals surface area contributed by atoms with Gasteiger partial charge in [0.05, 0.1) is 0 Å². The van der Waals surface area contributed by atoms with E-state index in [4.69, 9.17) is 4.74 Å². The third kappa shape index (κ3) is 1.82. The summed E-state index contributed by atoms with van der Waals surface area (Å²) >= 11 is 3.42. The minimum Gasteiger partial charge on any atom is -0.458 e. The summed E-state index contributed by atoms with van der Waals surface area (Å²) in [7, 11) is 0. The van der Waals surface area contributed by atoms with Crippen molar-refractivity contribution in [1.82, 2.24) is 0 Å². The highest BCUT2D eigenvalue weighted by Crippen LogP contribution is 2.34. The van der Waals surface area contributed by atoms with Crippen LogP contribution < -0.4 is 0 Å². The van der Waals surface area contributed by atoms with E-state index >= 15 is 0 Å². The largest absolute Gasteiger partial charge is 0.458 e. The molecule has 0 aliphatic carbocycles. The second kappa shape index (κ2) is 3.77. The first-order chi connectivity index (χ1) is 5.60. The van der Waals surface area contributed by atoms with Crippen molar-refractivity contribution in [2.24, 2.45) is 5.92 Å². The van der Waals surface area contributed by atoms with E-state index in [9.17, 15) is 4.79 Å². The Morgan fingerprint density at radius 3 is 2.67 bits per heavy atom. The minimum atomic E-state index is -0.241. The van der Waals surface area contributed by atoms with E-state index in [1.54, 1.807) is 0 Å². The molecule has 0 spiro atoms. The van der Waals surface area contributed by atoms with Gasteiger partial charge in [-0.05, 0) is 18.8 Å². The van der Waals surface area contributed by atoms with Gasteiger partial charge in [-0.2, -0.15) is 0 Å². The Morgan fingerprint density at radius 2 is 2.33 bits per heavy atom. The molecule has 2 nitrogen and oxygen atoms in total. The van der Waals surface area contributed by atoms with Crippen LogP contribution in [0.1, 0.15) is 33.1 Å². The lowest BCUT2D eigenvalue weighted by Gasteiger charge is -2.38. The predicted octanol–water partition coefficient (Wildman–Crippen LogP) is 2.50. The molecular weight excluding hydrogens is 220 g/mol. The van der Waals surface area contributed by atoms with Crippen molar-refractivity contribution in [1.29, 1.82) is 0 Å². The van der Waals surface area contributed by atoms with Crippen molar-refractivity contribution in [2.75, 3.05) is 5.33 Å². The minimum absolute atomic E-state index is 0.0469. The van der Waals surface area contributed by atoms with Crippen molar-refractivity contribution in [3.8, 4) is 0 Å². The first-order valence-corrected chi connectivity index (χ1v) is 5.51. The number of carbonyl (C=O) groups excluding carboxylic acids is 1. The lowest BCUT2D eigenvalue weighted by Crippen LogP contribution is -2.44. The van der Waals surface area contributed by atoms with Gasteiger partial charge in [0.1, 0.15) is 5.60 Å². The molecule has 0 aromatic rings. The van der Waals surface area contributed by atoms with Crippen LogP contribution in [0.3, 0.4) is 0 Å². The number of cyclic esters (lactones) is 1. The zero-order chi connectivity index (χ0) is 9.19. The van der Waals surface area contributed by atoms with Crippen LogP contribution in [0, 0.1) is 5.92 Å². The molecule has 1 rings (SSSR count). The molecule has 1 heterocycles. The van der Waals surface area contributed by atoms with Crippen LogP contribution in [0.5, 0.6) is 0 Å². The molecule has 1 aliphatic rings. The molecule has 70 valence electrons. The molecule has 0 aromatic carbocycles. The number of hydrogen-bond donors (Lipinski definition) is 0. The van der Waals surface area contributed by atoms with Crippen LogP contribution in [-0.4, -0.2) is 16.9 Å². The van der Waals surface area contributed by atoms with E-state index in [0.29, 0.717) is 12.3 Å². The maximum Gasteiger partial charge on any atom is 0.306 e. The van der Waals surface area contributed by atoms with Gasteiger partial charge in [-0.1, -0.05) is 29.8 Å². The third-order valence-corrected chi connectivity index (χ3v) is 3.53. The molecule has 1 saturated heterocycles. The monoisotopic (exact) mass is 234 g/mol. The zero-order valence-corrected chi connectivity index (χ0v) is 9.19. The topological polar surface area (TPSA) is 26.3 Å². The second-order valence-corrected chi connectivity index (χ2v) is 4.24. The Kier molecular flexibility index (Phi) is 3.16. The average molecular weight is 235 g/mol. The molecule has 0 saturated carbocycles. The van der Waals surface area contributed by atoms with Gasteiger partial charge in [0.15, 0.2) is 0 Å². The maximum absolute atomic E-state index is 11.1. The Balaban J connectivity index is 2.71. The Bertz CT molecular complexity index is 179. The number of halogens is 1. The van der Waals surface area contributed by atoms with Gasteiger partial charge in [0.25, 0.3) is 0 Å². The van der Waals surface area contributed by atoms with Crippen LogP contribution in [-0.2, 0) is 9.53 Å². The Hall–Kier alpha value is -0.0500. The van der Waals surface area contributed by atoms with Crippen molar-refractivity contribution < 1.29 is 9.53 Å². The fourth-order valence-corrected chi connectivity index (χ4v) is 2.56. The fourth-order valence-electron chi connectivity index (χ4n) is 1.52. The van der Waals surface area contributed by atoms with Crippen LogP contribution in [0.2, 0.25) is 0 Å². The van der Waals surface area contributed by atoms with Crippen molar-refractivity contribution in [2.45, 2.75) is 38.7 Å². The molecule has 3 heteroatoms. The third-order valence-electron chi connectivity index (χ3n) is 2.58. The van der Waals surface area contributed by atoms with Crippen molar-refractivity contribution in [3.05, 3.63) is 0 Å². The van der Waals surface area contributed by atoms with E-state index in [2.05, 4.69) is 29.8 Å². The second-order valence-electron chi connectivity index (χ2n) is 3.68. The fraction of sp³-hybridized carbons (Fsp3) is 0.889. The molecule has 12 heavy (non-hydrogen) atoms. The Labute approximate surface area is 81.8 Å². The predicted molar refractivity (Wildman–Crippen MR) is 51.3 cm³/mol. The first kappa shape index (κ1) is 10.0. The summed E-state index contributed by atoms with van der Waals surface area (Å²) in [6.45, 7) is 4.19. The highest BCUT2D eigenvalue weighted by molar-refractivity contribution is 9.09. The van der Waals surface area contributed by atoms with Crippen LogP contribution in [0.15, 0.2) is 0 Å². The molecule has 1 aliphatic heterocycles. The highest BCUT2D eigenvalue weighted by atomic mass is 79.9. The lowest BCUT2D eigenvalue weighted by atomic mass is 9.85. The number of carbonyl (C=O) groups is 1. The molecule has 0 unspecified atom stereocenters. The molecule has 0 aromatic heterocycles. The van der Waals surface area contributed by atoms with Crippen molar-refractivity contribution in [3.63, 3.8) is 0 Å². The molecular formula is C9H15BrO2. The van der Waals surface area contributed by atoms with Gasteiger partial charge in [-0.25, -0.2) is 0 Å². The van der Waals surface area contributed by atoms with E-state index in [-0.39, 0.29) is 11.6 Å². The molecule has 0 amide bonds. The van der Waals surface area contributed by atoms with Crippen LogP contribution >= 0.6 is 15.9 Å². The summed E-state index contributed by atoms with van der Waals surface area (Å²) < 4.78 is 5.40. The Morgan fingerprint density at radius 1 is 1.67 bits per heavy atom. The van der Waals surface area contributed by atoms with Gasteiger partial charge < -0.3 is 4.74 Å². The van der Waals surface area contributed by atoms with Gasteiger partial charge in [-0.15, -0.1) is 0 Å². The quantitative estimate of drug-likeness (QED) is 0.543. The highest BCUT2D eigenvalue weighted by Gasteiger charge is 2.39. The van der Waals surface area contributed by atoms with Gasteiger partial charge in [0, 0.05) is 11.8 Å². The standard InChI is InChI=1S/C9H15BrO2/c1-7(2)9(6-10)5-3-4-8(11)12-9/h7H,3-6H2,1-2H3/t9-/m1/s1. The summed E-state index contributed by atoms with van der Waals surface area (Å²) in [6, 6.07) is 0. The summed E-state index contributed by atoms with van der Waals surface area (Å²) in [6.07, 6.45) is 2.53. The molecule has 1 atom stereocenters. The van der Waals surface area contributed by atoms with E-state index in [0.717, 1.165) is 18.2 Å². The zero-order valence-electron chi connectivity index (χ0n) is 7.60. The summed E-state index contributed by atoms with van der Waals surface area (Å²) in [4.78, 5) is 11.1. The van der Waals surface area contributed by atoms with Crippen molar-refractivity contribution >= 4 is 21.9 Å².